The van der Waals surface area contributed by atoms with Gasteiger partial charge in [-0.3, -0.25) is 9.36 Å². The monoisotopic (exact) mass is 529 g/mol. The zero-order valence-electron chi connectivity index (χ0n) is 20.3. The first-order valence-corrected chi connectivity index (χ1v) is 12.3. The zero-order valence-corrected chi connectivity index (χ0v) is 21.1. The van der Waals surface area contributed by atoms with Crippen LogP contribution in [0.3, 0.4) is 0 Å². The van der Waals surface area contributed by atoms with Gasteiger partial charge in [0.25, 0.3) is 0 Å². The number of carbonyl (C=O) groups is 1. The molecule has 1 aliphatic rings. The van der Waals surface area contributed by atoms with E-state index in [0.717, 1.165) is 16.5 Å². The van der Waals surface area contributed by atoms with Gasteiger partial charge < -0.3 is 14.8 Å². The smallest absolute Gasteiger partial charge is 0.231 e. The van der Waals surface area contributed by atoms with Gasteiger partial charge in [-0.2, -0.15) is 0 Å². The molecule has 0 unspecified atom stereocenters. The first-order chi connectivity index (χ1) is 18.4. The summed E-state index contributed by atoms with van der Waals surface area (Å²) in [5.41, 5.74) is 3.71. The number of anilines is 2. The number of aryl methyl sites for hydroxylation is 1. The van der Waals surface area contributed by atoms with Crippen LogP contribution in [0.25, 0.3) is 28.4 Å². The molecule has 6 rings (SSSR count). The van der Waals surface area contributed by atoms with Crippen molar-refractivity contribution in [3.05, 3.63) is 107 Å². The summed E-state index contributed by atoms with van der Waals surface area (Å²) in [6, 6.07) is 18.4. The number of fused-ring (bicyclic) bond motifs is 2. The lowest BCUT2D eigenvalue weighted by molar-refractivity contribution is -0.128. The van der Waals surface area contributed by atoms with Gasteiger partial charge in [0.15, 0.2) is 0 Å². The number of halogens is 3. The molecule has 38 heavy (non-hydrogen) atoms. The molecule has 190 valence electrons. The summed E-state index contributed by atoms with van der Waals surface area (Å²) in [5, 5.41) is 4.28. The van der Waals surface area contributed by atoms with Crippen molar-refractivity contribution in [1.29, 1.82) is 0 Å². The van der Waals surface area contributed by atoms with E-state index in [9.17, 15) is 13.6 Å². The quantitative estimate of drug-likeness (QED) is 0.275. The summed E-state index contributed by atoms with van der Waals surface area (Å²) in [5.74, 6) is 0.182. The van der Waals surface area contributed by atoms with Crippen LogP contribution in [0.15, 0.2) is 79.1 Å². The van der Waals surface area contributed by atoms with Gasteiger partial charge in [0.1, 0.15) is 29.0 Å². The minimum Gasteiger partial charge on any atom is -0.350 e. The maximum Gasteiger partial charge on any atom is 0.231 e. The van der Waals surface area contributed by atoms with E-state index in [2.05, 4.69) is 5.32 Å². The van der Waals surface area contributed by atoms with E-state index in [1.165, 1.54) is 24.3 Å². The van der Waals surface area contributed by atoms with Crippen LogP contribution in [0, 0.1) is 11.6 Å². The number of carbonyl (C=O) groups excluding carboxylic acids is 1. The zero-order chi connectivity index (χ0) is 26.4. The van der Waals surface area contributed by atoms with Crippen molar-refractivity contribution in [2.24, 2.45) is 7.05 Å². The SMILES string of the molecule is Cn1cc(CC(=O)N2C=Cn3c(nc(-c4ccc(F)cc4)c3Nc3ccc(Cl)c(F)c3)C2)c2ccccc21. The number of nitrogens with zero attached hydrogens (tertiary/aromatic N) is 4. The fourth-order valence-corrected chi connectivity index (χ4v) is 4.86. The van der Waals surface area contributed by atoms with E-state index in [-0.39, 0.29) is 29.7 Å². The van der Waals surface area contributed by atoms with Gasteiger partial charge in [0.2, 0.25) is 5.91 Å². The molecule has 0 bridgehead atoms. The number of hydrogen-bond acceptors (Lipinski definition) is 3. The highest BCUT2D eigenvalue weighted by Gasteiger charge is 2.25. The number of para-hydroxylation sites is 1. The van der Waals surface area contributed by atoms with E-state index in [1.54, 1.807) is 35.5 Å². The number of amides is 1. The molecule has 0 fully saturated rings. The molecule has 1 N–H and O–H groups in total. The maximum atomic E-state index is 14.1. The number of hydrogen-bond donors (Lipinski definition) is 1. The molecule has 2 aromatic heterocycles. The average Bonchev–Trinajstić information content (AvgIpc) is 3.43. The molecule has 3 aromatic carbocycles. The number of rotatable bonds is 5. The van der Waals surface area contributed by atoms with Gasteiger partial charge in [-0.05, 0) is 54.1 Å². The Balaban J connectivity index is 1.33. The predicted molar refractivity (Wildman–Crippen MR) is 145 cm³/mol. The Morgan fingerprint density at radius 3 is 2.63 bits per heavy atom. The Labute approximate surface area is 222 Å². The van der Waals surface area contributed by atoms with Gasteiger partial charge in [-0.15, -0.1) is 0 Å². The second kappa shape index (κ2) is 9.46. The van der Waals surface area contributed by atoms with Crippen molar-refractivity contribution < 1.29 is 13.6 Å². The molecule has 0 aliphatic carbocycles. The highest BCUT2D eigenvalue weighted by atomic mass is 35.5. The highest BCUT2D eigenvalue weighted by molar-refractivity contribution is 6.30. The third-order valence-corrected chi connectivity index (χ3v) is 6.94. The first-order valence-electron chi connectivity index (χ1n) is 12.0. The van der Waals surface area contributed by atoms with Gasteiger partial charge in [-0.1, -0.05) is 29.8 Å². The van der Waals surface area contributed by atoms with E-state index in [0.29, 0.717) is 28.6 Å². The largest absolute Gasteiger partial charge is 0.350 e. The molecule has 3 heterocycles. The van der Waals surface area contributed by atoms with E-state index >= 15 is 0 Å². The van der Waals surface area contributed by atoms with Crippen molar-refractivity contribution in [3.8, 4) is 11.3 Å². The minimum absolute atomic E-state index is 0.0184. The lowest BCUT2D eigenvalue weighted by Crippen LogP contribution is -2.30. The van der Waals surface area contributed by atoms with Gasteiger partial charge in [0.05, 0.1) is 18.0 Å². The van der Waals surface area contributed by atoms with Crippen LogP contribution in [0.5, 0.6) is 0 Å². The molecule has 1 amide bonds. The van der Waals surface area contributed by atoms with Crippen molar-refractivity contribution in [2.45, 2.75) is 13.0 Å². The molecule has 0 atom stereocenters. The van der Waals surface area contributed by atoms with Crippen molar-refractivity contribution >= 4 is 46.1 Å². The number of imidazole rings is 1. The topological polar surface area (TPSA) is 55.1 Å². The Kier molecular flexibility index (Phi) is 5.96. The van der Waals surface area contributed by atoms with Crippen LogP contribution >= 0.6 is 11.6 Å². The third kappa shape index (κ3) is 4.33. The van der Waals surface area contributed by atoms with Crippen molar-refractivity contribution in [2.75, 3.05) is 5.32 Å². The molecule has 6 nitrogen and oxygen atoms in total. The van der Waals surface area contributed by atoms with Crippen LogP contribution in [0.4, 0.5) is 20.3 Å². The highest BCUT2D eigenvalue weighted by Crippen LogP contribution is 2.34. The Hall–Kier alpha value is -4.43. The number of benzene rings is 3. The van der Waals surface area contributed by atoms with Gasteiger partial charge in [0, 0.05) is 47.8 Å². The molecule has 1 aliphatic heterocycles. The van der Waals surface area contributed by atoms with Crippen LogP contribution in [0.1, 0.15) is 11.4 Å². The summed E-state index contributed by atoms with van der Waals surface area (Å²) in [4.78, 5) is 19.7. The van der Waals surface area contributed by atoms with Crippen LogP contribution in [0.2, 0.25) is 5.02 Å². The fourth-order valence-electron chi connectivity index (χ4n) is 4.74. The van der Waals surface area contributed by atoms with Gasteiger partial charge in [-0.25, -0.2) is 13.8 Å². The van der Waals surface area contributed by atoms with Crippen LogP contribution in [-0.4, -0.2) is 24.9 Å². The third-order valence-electron chi connectivity index (χ3n) is 6.63. The molecular formula is C29H22ClF2N5O. The summed E-state index contributed by atoms with van der Waals surface area (Å²) in [6.45, 7) is 0.241. The predicted octanol–water partition coefficient (Wildman–Crippen LogP) is 6.73. The summed E-state index contributed by atoms with van der Waals surface area (Å²) in [7, 11) is 1.96. The summed E-state index contributed by atoms with van der Waals surface area (Å²) in [6.07, 6.45) is 5.68. The lowest BCUT2D eigenvalue weighted by Gasteiger charge is -2.23. The normalized spacial score (nSPS) is 12.7. The standard InChI is InChI=1S/C29H22ClF2N5O/c1-35-16-19(22-4-2-3-5-25(22)35)14-27(38)36-12-13-37-26(17-36)34-28(18-6-8-20(31)9-7-18)29(37)33-21-10-11-23(30)24(32)15-21/h2-13,15-16,33H,14,17H2,1H3. The molecular weight excluding hydrogens is 508 g/mol. The molecule has 0 saturated heterocycles. The molecule has 0 spiro atoms. The Morgan fingerprint density at radius 1 is 1.05 bits per heavy atom. The maximum absolute atomic E-state index is 14.1. The van der Waals surface area contributed by atoms with Crippen LogP contribution in [-0.2, 0) is 24.8 Å². The second-order valence-corrected chi connectivity index (χ2v) is 9.54. The average molecular weight is 530 g/mol. The molecule has 9 heteroatoms. The van der Waals surface area contributed by atoms with E-state index in [4.69, 9.17) is 16.6 Å². The van der Waals surface area contributed by atoms with Crippen molar-refractivity contribution in [3.63, 3.8) is 0 Å². The second-order valence-electron chi connectivity index (χ2n) is 9.13. The first kappa shape index (κ1) is 23.9. The number of nitrogens with one attached hydrogen (secondary N) is 1. The Bertz CT molecular complexity index is 1720. The molecule has 5 aromatic rings. The van der Waals surface area contributed by atoms with Crippen LogP contribution < -0.4 is 5.32 Å². The number of aromatic nitrogens is 3. The lowest BCUT2D eigenvalue weighted by atomic mass is 10.1. The van der Waals surface area contributed by atoms with Gasteiger partial charge >= 0.3 is 0 Å². The summed E-state index contributed by atoms with van der Waals surface area (Å²) < 4.78 is 31.6. The van der Waals surface area contributed by atoms with Crippen molar-refractivity contribution in [1.82, 2.24) is 19.0 Å². The Morgan fingerprint density at radius 2 is 1.84 bits per heavy atom. The molecule has 0 saturated carbocycles. The van der Waals surface area contributed by atoms with E-state index in [1.807, 2.05) is 46.6 Å². The summed E-state index contributed by atoms with van der Waals surface area (Å²) >= 11 is 5.85. The fraction of sp³-hybridized carbons (Fsp3) is 0.103. The minimum atomic E-state index is -0.556. The molecule has 0 radical (unpaired) electrons. The van der Waals surface area contributed by atoms with E-state index < -0.39 is 5.82 Å².